The molecule has 130 valence electrons. The van der Waals surface area contributed by atoms with E-state index in [2.05, 4.69) is 10.3 Å². The summed E-state index contributed by atoms with van der Waals surface area (Å²) in [5.74, 6) is -0.0141. The Labute approximate surface area is 149 Å². The number of morpholine rings is 1. The molecule has 0 saturated carbocycles. The summed E-state index contributed by atoms with van der Waals surface area (Å²) in [6.45, 7) is 4.42. The van der Waals surface area contributed by atoms with Crippen molar-refractivity contribution in [2.75, 3.05) is 31.6 Å². The highest BCUT2D eigenvalue weighted by atomic mass is 32.1. The molecule has 2 aliphatic rings. The summed E-state index contributed by atoms with van der Waals surface area (Å²) in [6, 6.07) is 5.89. The molecular weight excluding hydrogens is 338 g/mol. The molecule has 3 heterocycles. The molecule has 6 nitrogen and oxygen atoms in total. The van der Waals surface area contributed by atoms with Gasteiger partial charge in [0.15, 0.2) is 0 Å². The van der Waals surface area contributed by atoms with E-state index in [1.165, 1.54) is 11.3 Å². The van der Waals surface area contributed by atoms with Gasteiger partial charge in [-0.25, -0.2) is 4.98 Å². The first kappa shape index (κ1) is 16.2. The fourth-order valence-corrected chi connectivity index (χ4v) is 3.95. The summed E-state index contributed by atoms with van der Waals surface area (Å²) in [7, 11) is 0. The van der Waals surface area contributed by atoms with Crippen LogP contribution in [0.1, 0.15) is 23.4 Å². The summed E-state index contributed by atoms with van der Waals surface area (Å²) in [5.41, 5.74) is 3.70. The largest absolute Gasteiger partial charge is 0.378 e. The van der Waals surface area contributed by atoms with Crippen LogP contribution in [0.25, 0.3) is 11.3 Å². The van der Waals surface area contributed by atoms with Gasteiger partial charge in [-0.15, -0.1) is 11.3 Å². The van der Waals surface area contributed by atoms with Gasteiger partial charge in [0.05, 0.1) is 31.2 Å². The van der Waals surface area contributed by atoms with Crippen LogP contribution in [0.4, 0.5) is 5.69 Å². The minimum Gasteiger partial charge on any atom is -0.378 e. The number of fused-ring (bicyclic) bond motifs is 1. The van der Waals surface area contributed by atoms with Crippen molar-refractivity contribution in [3.63, 3.8) is 0 Å². The fourth-order valence-electron chi connectivity index (χ4n) is 3.15. The second-order valence-corrected chi connectivity index (χ2v) is 7.25. The zero-order valence-electron chi connectivity index (χ0n) is 13.9. The van der Waals surface area contributed by atoms with Crippen LogP contribution in [0.15, 0.2) is 23.6 Å². The van der Waals surface area contributed by atoms with Gasteiger partial charge in [-0.2, -0.15) is 0 Å². The molecule has 2 aromatic rings. The average molecular weight is 357 g/mol. The number of carbonyl (C=O) groups is 2. The number of aromatic nitrogens is 1. The standard InChI is InChI=1S/C18H19N3O3S/c1-11-13-8-12(2-3-14(13)20-18(11)23)15-10-25-16(19-15)9-17(22)21-4-6-24-7-5-21/h2-3,8,10-11H,4-7,9H2,1H3,(H,20,23)/t11-/m1/s1. The van der Waals surface area contributed by atoms with Crippen LogP contribution in [0.3, 0.4) is 0 Å². The van der Waals surface area contributed by atoms with Crippen molar-refractivity contribution in [3.8, 4) is 11.3 Å². The number of benzene rings is 1. The van der Waals surface area contributed by atoms with E-state index in [-0.39, 0.29) is 17.7 Å². The molecule has 4 rings (SSSR count). The third-order valence-electron chi connectivity index (χ3n) is 4.68. The van der Waals surface area contributed by atoms with Crippen molar-refractivity contribution in [3.05, 3.63) is 34.2 Å². The van der Waals surface area contributed by atoms with Crippen molar-refractivity contribution in [2.24, 2.45) is 0 Å². The average Bonchev–Trinajstić information content (AvgIpc) is 3.21. The van der Waals surface area contributed by atoms with Gasteiger partial charge in [0, 0.05) is 29.7 Å². The summed E-state index contributed by atoms with van der Waals surface area (Å²) in [4.78, 5) is 30.6. The summed E-state index contributed by atoms with van der Waals surface area (Å²) in [5, 5.41) is 5.66. The number of ether oxygens (including phenoxy) is 1. The Morgan fingerprint density at radius 2 is 2.20 bits per heavy atom. The van der Waals surface area contributed by atoms with Crippen molar-refractivity contribution in [2.45, 2.75) is 19.3 Å². The zero-order chi connectivity index (χ0) is 17.4. The number of nitrogens with zero attached hydrogens (tertiary/aromatic N) is 2. The molecule has 7 heteroatoms. The first-order chi connectivity index (χ1) is 12.1. The number of anilines is 1. The maximum absolute atomic E-state index is 12.3. The number of carbonyl (C=O) groups excluding carboxylic acids is 2. The van der Waals surface area contributed by atoms with Crippen LogP contribution in [-0.2, 0) is 20.7 Å². The maximum Gasteiger partial charge on any atom is 0.231 e. The van der Waals surface area contributed by atoms with Crippen molar-refractivity contribution in [1.82, 2.24) is 9.88 Å². The number of thiazole rings is 1. The van der Waals surface area contributed by atoms with Crippen LogP contribution in [0.2, 0.25) is 0 Å². The number of hydrogen-bond acceptors (Lipinski definition) is 5. The monoisotopic (exact) mass is 357 g/mol. The number of nitrogens with one attached hydrogen (secondary N) is 1. The molecule has 0 bridgehead atoms. The highest BCUT2D eigenvalue weighted by Crippen LogP contribution is 2.35. The molecule has 0 unspecified atom stereocenters. The normalized spacial score (nSPS) is 19.6. The predicted octanol–water partition coefficient (Wildman–Crippen LogP) is 2.27. The van der Waals surface area contributed by atoms with E-state index in [0.717, 1.165) is 27.5 Å². The van der Waals surface area contributed by atoms with E-state index in [9.17, 15) is 9.59 Å². The van der Waals surface area contributed by atoms with E-state index in [4.69, 9.17) is 4.74 Å². The van der Waals surface area contributed by atoms with Gasteiger partial charge in [0.25, 0.3) is 0 Å². The molecule has 25 heavy (non-hydrogen) atoms. The van der Waals surface area contributed by atoms with E-state index in [1.807, 2.05) is 35.4 Å². The van der Waals surface area contributed by atoms with E-state index in [1.54, 1.807) is 0 Å². The Balaban J connectivity index is 1.50. The van der Waals surface area contributed by atoms with Gasteiger partial charge in [-0.3, -0.25) is 9.59 Å². The Morgan fingerprint density at radius 1 is 1.40 bits per heavy atom. The van der Waals surface area contributed by atoms with Crippen LogP contribution < -0.4 is 5.32 Å². The molecule has 1 saturated heterocycles. The number of rotatable bonds is 3. The second-order valence-electron chi connectivity index (χ2n) is 6.31. The van der Waals surface area contributed by atoms with Gasteiger partial charge >= 0.3 is 0 Å². The lowest BCUT2D eigenvalue weighted by Crippen LogP contribution is -2.41. The van der Waals surface area contributed by atoms with Crippen LogP contribution in [-0.4, -0.2) is 48.0 Å². The fraction of sp³-hybridized carbons (Fsp3) is 0.389. The first-order valence-electron chi connectivity index (χ1n) is 8.37. The summed E-state index contributed by atoms with van der Waals surface area (Å²) in [6.07, 6.45) is 0.325. The van der Waals surface area contributed by atoms with Crippen molar-refractivity contribution < 1.29 is 14.3 Å². The Bertz CT molecular complexity index is 827. The Hall–Kier alpha value is -2.25. The molecule has 0 radical (unpaired) electrons. The lowest BCUT2D eigenvalue weighted by Gasteiger charge is -2.26. The smallest absolute Gasteiger partial charge is 0.231 e. The molecule has 1 aromatic heterocycles. The number of amides is 2. The third kappa shape index (κ3) is 3.17. The second kappa shape index (κ2) is 6.57. The molecule has 2 aliphatic heterocycles. The van der Waals surface area contributed by atoms with E-state index in [0.29, 0.717) is 32.7 Å². The van der Waals surface area contributed by atoms with Crippen molar-refractivity contribution in [1.29, 1.82) is 0 Å². The zero-order valence-corrected chi connectivity index (χ0v) is 14.8. The van der Waals surface area contributed by atoms with Gasteiger partial charge in [-0.05, 0) is 24.6 Å². The minimum atomic E-state index is -0.143. The third-order valence-corrected chi connectivity index (χ3v) is 5.53. The van der Waals surface area contributed by atoms with Gasteiger partial charge < -0.3 is 15.0 Å². The summed E-state index contributed by atoms with van der Waals surface area (Å²) < 4.78 is 5.28. The molecule has 2 amide bonds. The van der Waals surface area contributed by atoms with Gasteiger partial charge in [-0.1, -0.05) is 6.07 Å². The molecule has 1 atom stereocenters. The van der Waals surface area contributed by atoms with Crippen molar-refractivity contribution >= 4 is 28.8 Å². The Morgan fingerprint density at radius 3 is 3.00 bits per heavy atom. The quantitative estimate of drug-likeness (QED) is 0.915. The summed E-state index contributed by atoms with van der Waals surface area (Å²) >= 11 is 1.50. The molecule has 1 aromatic carbocycles. The lowest BCUT2D eigenvalue weighted by atomic mass is 10.00. The SMILES string of the molecule is C[C@H]1C(=O)Nc2ccc(-c3csc(CC(=O)N4CCOCC4)n3)cc21. The van der Waals surface area contributed by atoms with Crippen LogP contribution >= 0.6 is 11.3 Å². The highest BCUT2D eigenvalue weighted by Gasteiger charge is 2.27. The molecular formula is C18H19N3O3S. The van der Waals surface area contributed by atoms with E-state index < -0.39 is 0 Å². The van der Waals surface area contributed by atoms with E-state index >= 15 is 0 Å². The Kier molecular flexibility index (Phi) is 4.27. The molecule has 0 spiro atoms. The lowest BCUT2D eigenvalue weighted by molar-refractivity contribution is -0.134. The first-order valence-corrected chi connectivity index (χ1v) is 9.25. The van der Waals surface area contributed by atoms with Crippen LogP contribution in [0.5, 0.6) is 0 Å². The van der Waals surface area contributed by atoms with Gasteiger partial charge in [0.2, 0.25) is 11.8 Å². The maximum atomic E-state index is 12.3. The van der Waals surface area contributed by atoms with Crippen LogP contribution in [0, 0.1) is 0 Å². The molecule has 1 fully saturated rings. The minimum absolute atomic E-state index is 0.0298. The molecule has 0 aliphatic carbocycles. The molecule has 1 N–H and O–H groups in total. The topological polar surface area (TPSA) is 71.5 Å². The number of hydrogen-bond donors (Lipinski definition) is 1. The predicted molar refractivity (Wildman–Crippen MR) is 95.7 cm³/mol. The van der Waals surface area contributed by atoms with Gasteiger partial charge in [0.1, 0.15) is 5.01 Å². The highest BCUT2D eigenvalue weighted by molar-refractivity contribution is 7.10.